The summed E-state index contributed by atoms with van der Waals surface area (Å²) in [5.74, 6) is 0.911. The number of carbonyl (C=O) groups excluding carboxylic acids is 1. The highest BCUT2D eigenvalue weighted by atomic mass is 16.5. The number of aryl methyl sites for hydroxylation is 1. The summed E-state index contributed by atoms with van der Waals surface area (Å²) in [6.07, 6.45) is 7.01. The van der Waals surface area contributed by atoms with Crippen LogP contribution in [0, 0.1) is 17.4 Å². The van der Waals surface area contributed by atoms with Gasteiger partial charge >= 0.3 is 0 Å². The van der Waals surface area contributed by atoms with Crippen LogP contribution >= 0.6 is 0 Å². The third-order valence-corrected chi connectivity index (χ3v) is 5.77. The minimum Gasteiger partial charge on any atom is -0.493 e. The van der Waals surface area contributed by atoms with Gasteiger partial charge in [-0.2, -0.15) is 10.4 Å². The van der Waals surface area contributed by atoms with Gasteiger partial charge in [0.2, 0.25) is 0 Å². The molecule has 0 aliphatic carbocycles. The SMILES string of the molecule is CC(C)COc1cc(C(=O)N[C@@H]2C[C@@H]3CC[C@H]2N3C#N)ccc1-c1ccn(C)n1. The molecule has 1 aromatic heterocycles. The van der Waals surface area contributed by atoms with Gasteiger partial charge in [-0.05, 0) is 49.4 Å². The van der Waals surface area contributed by atoms with Crippen molar-refractivity contribution in [1.29, 1.82) is 5.26 Å². The highest BCUT2D eigenvalue weighted by molar-refractivity contribution is 5.95. The van der Waals surface area contributed by atoms with E-state index in [9.17, 15) is 10.1 Å². The number of hydrogen-bond acceptors (Lipinski definition) is 5. The number of hydrogen-bond donors (Lipinski definition) is 1. The summed E-state index contributed by atoms with van der Waals surface area (Å²) in [4.78, 5) is 14.8. The Morgan fingerprint density at radius 2 is 2.21 bits per heavy atom. The largest absolute Gasteiger partial charge is 0.493 e. The van der Waals surface area contributed by atoms with Crippen molar-refractivity contribution in [2.45, 2.75) is 51.2 Å². The number of amides is 1. The molecule has 3 atom stereocenters. The Kier molecular flexibility index (Phi) is 5.18. The maximum atomic E-state index is 12.9. The van der Waals surface area contributed by atoms with Crippen LogP contribution < -0.4 is 10.1 Å². The minimum atomic E-state index is -0.123. The van der Waals surface area contributed by atoms with Gasteiger partial charge in [-0.1, -0.05) is 13.8 Å². The third-order valence-electron chi connectivity index (χ3n) is 5.77. The van der Waals surface area contributed by atoms with E-state index in [1.807, 2.05) is 36.3 Å². The first kappa shape index (κ1) is 19.3. The van der Waals surface area contributed by atoms with Gasteiger partial charge in [-0.25, -0.2) is 0 Å². The Balaban J connectivity index is 1.55. The zero-order chi connectivity index (χ0) is 20.5. The molecule has 7 nitrogen and oxygen atoms in total. The maximum absolute atomic E-state index is 12.9. The van der Waals surface area contributed by atoms with Crippen LogP contribution in [0.15, 0.2) is 30.5 Å². The molecular formula is C22H27N5O2. The first-order valence-corrected chi connectivity index (χ1v) is 10.2. The number of ether oxygens (including phenoxy) is 1. The second-order valence-electron chi connectivity index (χ2n) is 8.41. The molecule has 29 heavy (non-hydrogen) atoms. The van der Waals surface area contributed by atoms with Gasteiger partial charge in [0.05, 0.1) is 24.4 Å². The molecule has 152 valence electrons. The molecule has 0 spiro atoms. The summed E-state index contributed by atoms with van der Waals surface area (Å²) in [5.41, 5.74) is 2.25. The summed E-state index contributed by atoms with van der Waals surface area (Å²) in [6, 6.07) is 7.87. The molecule has 0 saturated carbocycles. The van der Waals surface area contributed by atoms with Gasteiger partial charge in [-0.3, -0.25) is 9.48 Å². The second-order valence-corrected chi connectivity index (χ2v) is 8.41. The van der Waals surface area contributed by atoms with E-state index >= 15 is 0 Å². The van der Waals surface area contributed by atoms with E-state index in [-0.39, 0.29) is 24.0 Å². The van der Waals surface area contributed by atoms with Crippen molar-refractivity contribution in [2.75, 3.05) is 6.61 Å². The van der Waals surface area contributed by atoms with Crippen molar-refractivity contribution in [2.24, 2.45) is 13.0 Å². The molecule has 1 aromatic carbocycles. The van der Waals surface area contributed by atoms with Crippen molar-refractivity contribution < 1.29 is 9.53 Å². The van der Waals surface area contributed by atoms with Crippen molar-refractivity contribution in [3.05, 3.63) is 36.0 Å². The average Bonchev–Trinajstić information content (AvgIpc) is 3.39. The number of nitrogens with zero attached hydrogens (tertiary/aromatic N) is 4. The van der Waals surface area contributed by atoms with E-state index in [0.717, 1.165) is 30.5 Å². The van der Waals surface area contributed by atoms with Gasteiger partial charge in [0.15, 0.2) is 6.19 Å². The highest BCUT2D eigenvalue weighted by Gasteiger charge is 2.46. The fourth-order valence-electron chi connectivity index (χ4n) is 4.36. The Hall–Kier alpha value is -3.01. The van der Waals surface area contributed by atoms with Gasteiger partial charge in [0.1, 0.15) is 5.75 Å². The molecule has 2 bridgehead atoms. The smallest absolute Gasteiger partial charge is 0.251 e. The van der Waals surface area contributed by atoms with Crippen molar-refractivity contribution in [3.8, 4) is 23.2 Å². The van der Waals surface area contributed by atoms with E-state index in [1.165, 1.54) is 0 Å². The topological polar surface area (TPSA) is 83.2 Å². The summed E-state index contributed by atoms with van der Waals surface area (Å²) in [7, 11) is 1.87. The van der Waals surface area contributed by atoms with Crippen LogP contribution in [0.1, 0.15) is 43.5 Å². The first-order chi connectivity index (χ1) is 14.0. The van der Waals surface area contributed by atoms with E-state index in [1.54, 1.807) is 10.7 Å². The molecular weight excluding hydrogens is 366 g/mol. The fraction of sp³-hybridized carbons (Fsp3) is 0.500. The van der Waals surface area contributed by atoms with Crippen LogP contribution in [0.3, 0.4) is 0 Å². The van der Waals surface area contributed by atoms with Crippen LogP contribution in [0.25, 0.3) is 11.3 Å². The fourth-order valence-corrected chi connectivity index (χ4v) is 4.36. The molecule has 2 saturated heterocycles. The van der Waals surface area contributed by atoms with Crippen LogP contribution in [0.2, 0.25) is 0 Å². The number of nitriles is 1. The second kappa shape index (κ2) is 7.78. The standard InChI is InChI=1S/C22H27N5O2/c1-14(2)12-29-21-10-15(4-6-17(21)18-8-9-26(3)25-18)22(28)24-19-11-16-5-7-20(19)27(16)13-23/h4,6,8-10,14,16,19-20H,5,7,11-12H2,1-3H3,(H,24,28)/t16-,19+,20+/m0/s1. The van der Waals surface area contributed by atoms with Gasteiger partial charge < -0.3 is 15.0 Å². The Morgan fingerprint density at radius 3 is 2.86 bits per heavy atom. The lowest BCUT2D eigenvalue weighted by Crippen LogP contribution is -2.43. The number of aromatic nitrogens is 2. The molecule has 1 N–H and O–H groups in total. The van der Waals surface area contributed by atoms with Gasteiger partial charge in [0.25, 0.3) is 5.91 Å². The first-order valence-electron chi connectivity index (χ1n) is 10.2. The van der Waals surface area contributed by atoms with E-state index in [4.69, 9.17) is 4.74 Å². The lowest BCUT2D eigenvalue weighted by Gasteiger charge is -2.22. The molecule has 7 heteroatoms. The molecule has 2 aromatic rings. The predicted molar refractivity (Wildman–Crippen MR) is 109 cm³/mol. The number of benzene rings is 1. The maximum Gasteiger partial charge on any atom is 0.251 e. The van der Waals surface area contributed by atoms with E-state index in [0.29, 0.717) is 23.8 Å². The minimum absolute atomic E-state index is 0.0244. The molecule has 3 heterocycles. The monoisotopic (exact) mass is 393 g/mol. The van der Waals surface area contributed by atoms with Crippen molar-refractivity contribution >= 4 is 5.91 Å². The molecule has 2 aliphatic rings. The van der Waals surface area contributed by atoms with Crippen molar-refractivity contribution in [1.82, 2.24) is 20.0 Å². The lowest BCUT2D eigenvalue weighted by atomic mass is 9.95. The summed E-state index contributed by atoms with van der Waals surface area (Å²) >= 11 is 0. The molecule has 2 fully saturated rings. The zero-order valence-electron chi connectivity index (χ0n) is 17.1. The Bertz CT molecular complexity index is 945. The predicted octanol–water partition coefficient (Wildman–Crippen LogP) is 2.94. The van der Waals surface area contributed by atoms with Crippen LogP contribution in [0.4, 0.5) is 0 Å². The highest BCUT2D eigenvalue weighted by Crippen LogP contribution is 2.37. The molecule has 0 unspecified atom stereocenters. The molecule has 2 aliphatic heterocycles. The van der Waals surface area contributed by atoms with E-state index in [2.05, 4.69) is 30.5 Å². The van der Waals surface area contributed by atoms with E-state index < -0.39 is 0 Å². The van der Waals surface area contributed by atoms with Crippen LogP contribution in [0.5, 0.6) is 5.75 Å². The number of rotatable bonds is 6. The summed E-state index contributed by atoms with van der Waals surface area (Å²) in [6.45, 7) is 4.74. The summed E-state index contributed by atoms with van der Waals surface area (Å²) in [5, 5.41) is 16.9. The van der Waals surface area contributed by atoms with Gasteiger partial charge in [0, 0.05) is 30.4 Å². The van der Waals surface area contributed by atoms with Crippen molar-refractivity contribution in [3.63, 3.8) is 0 Å². The van der Waals surface area contributed by atoms with Crippen LogP contribution in [-0.2, 0) is 7.05 Å². The molecule has 4 rings (SSSR count). The van der Waals surface area contributed by atoms with Gasteiger partial charge in [-0.15, -0.1) is 0 Å². The number of fused-ring (bicyclic) bond motifs is 2. The third kappa shape index (κ3) is 3.80. The molecule has 1 amide bonds. The Labute approximate surface area is 171 Å². The van der Waals surface area contributed by atoms with Crippen LogP contribution in [-0.4, -0.2) is 45.3 Å². The average molecular weight is 393 g/mol. The zero-order valence-corrected chi connectivity index (χ0v) is 17.1. The normalized spacial score (nSPS) is 22.7. The number of carbonyl (C=O) groups is 1. The summed E-state index contributed by atoms with van der Waals surface area (Å²) < 4.78 is 7.77. The molecule has 0 radical (unpaired) electrons. The Morgan fingerprint density at radius 1 is 1.38 bits per heavy atom. The quantitative estimate of drug-likeness (QED) is 0.763. The lowest BCUT2D eigenvalue weighted by molar-refractivity contribution is 0.0928. The number of nitrogens with one attached hydrogen (secondary N) is 1.